The molecule has 0 saturated carbocycles. The zero-order valence-electron chi connectivity index (χ0n) is 20.7. The minimum absolute atomic E-state index is 0.0116. The standard InChI is InChI=1S/C27H31F2N3O4S/c1-3-18-5-4-6-19(11-18)16-30-17-26(33)25(14-20-12-22(28)15-23(29)13-20)31-27(34)21-7-9-24(10-8-21)32-37(2,35)36/h4-13,15,25-26,30,32-33H,3,14,16-17H2,1-2H3,(H,31,34)/t25-,26+/m0/s1. The SMILES string of the molecule is CCc1cccc(CNC[C@@H](O)[C@H](Cc2cc(F)cc(F)c2)NC(=O)c2ccc(NS(C)(=O)=O)cc2)c1. The van der Waals surface area contributed by atoms with Crippen molar-refractivity contribution in [3.63, 3.8) is 0 Å². The minimum atomic E-state index is -3.47. The van der Waals surface area contributed by atoms with Gasteiger partial charge < -0.3 is 15.7 Å². The number of aliphatic hydroxyl groups is 1. The van der Waals surface area contributed by atoms with Gasteiger partial charge in [-0.15, -0.1) is 0 Å². The van der Waals surface area contributed by atoms with E-state index in [2.05, 4.69) is 28.3 Å². The van der Waals surface area contributed by atoms with Gasteiger partial charge >= 0.3 is 0 Å². The molecule has 0 unspecified atom stereocenters. The van der Waals surface area contributed by atoms with Gasteiger partial charge in [0.25, 0.3) is 5.91 Å². The number of hydrogen-bond donors (Lipinski definition) is 4. The van der Waals surface area contributed by atoms with Crippen LogP contribution in [0.2, 0.25) is 0 Å². The van der Waals surface area contributed by atoms with E-state index in [1.54, 1.807) is 0 Å². The fourth-order valence-corrected chi connectivity index (χ4v) is 4.45. The van der Waals surface area contributed by atoms with Crippen molar-refractivity contribution in [2.45, 2.75) is 38.5 Å². The molecule has 0 saturated heterocycles. The summed E-state index contributed by atoms with van der Waals surface area (Å²) in [6.45, 7) is 2.68. The molecule has 0 aromatic heterocycles. The lowest BCUT2D eigenvalue weighted by Gasteiger charge is -2.25. The highest BCUT2D eigenvalue weighted by atomic mass is 32.2. The number of amides is 1. The lowest BCUT2D eigenvalue weighted by Crippen LogP contribution is -2.48. The van der Waals surface area contributed by atoms with Crippen molar-refractivity contribution in [3.05, 3.63) is 101 Å². The van der Waals surface area contributed by atoms with Crippen molar-refractivity contribution in [3.8, 4) is 0 Å². The summed E-state index contributed by atoms with van der Waals surface area (Å²) in [7, 11) is -3.47. The smallest absolute Gasteiger partial charge is 0.251 e. The van der Waals surface area contributed by atoms with Crippen LogP contribution in [0, 0.1) is 11.6 Å². The molecule has 0 aliphatic rings. The van der Waals surface area contributed by atoms with E-state index >= 15 is 0 Å². The summed E-state index contributed by atoms with van der Waals surface area (Å²) in [4.78, 5) is 12.9. The normalized spacial score (nSPS) is 13.1. The Morgan fingerprint density at radius 1 is 0.946 bits per heavy atom. The Kier molecular flexibility index (Phi) is 9.73. The number of carbonyl (C=O) groups is 1. The van der Waals surface area contributed by atoms with E-state index in [-0.39, 0.29) is 24.1 Å². The molecule has 37 heavy (non-hydrogen) atoms. The predicted molar refractivity (Wildman–Crippen MR) is 140 cm³/mol. The first kappa shape index (κ1) is 28.2. The molecule has 0 spiro atoms. The monoisotopic (exact) mass is 531 g/mol. The van der Waals surface area contributed by atoms with Crippen molar-refractivity contribution in [1.29, 1.82) is 0 Å². The fourth-order valence-electron chi connectivity index (χ4n) is 3.89. The number of sulfonamides is 1. The van der Waals surface area contributed by atoms with Gasteiger partial charge in [0.05, 0.1) is 18.4 Å². The Morgan fingerprint density at radius 2 is 1.59 bits per heavy atom. The molecule has 0 aliphatic carbocycles. The van der Waals surface area contributed by atoms with Gasteiger partial charge in [-0.1, -0.05) is 31.2 Å². The third-order valence-corrected chi connectivity index (χ3v) is 6.30. The van der Waals surface area contributed by atoms with Crippen LogP contribution in [0.5, 0.6) is 0 Å². The molecule has 0 heterocycles. The fraction of sp³-hybridized carbons (Fsp3) is 0.296. The molecule has 0 radical (unpaired) electrons. The number of nitrogens with one attached hydrogen (secondary N) is 3. The first-order valence-corrected chi connectivity index (χ1v) is 13.7. The van der Waals surface area contributed by atoms with E-state index in [1.165, 1.54) is 29.8 Å². The van der Waals surface area contributed by atoms with Gasteiger partial charge in [0, 0.05) is 30.4 Å². The van der Waals surface area contributed by atoms with E-state index in [0.29, 0.717) is 12.2 Å². The molecule has 4 N–H and O–H groups in total. The number of rotatable bonds is 12. The van der Waals surface area contributed by atoms with E-state index in [4.69, 9.17) is 0 Å². The molecule has 3 rings (SSSR count). The third kappa shape index (κ3) is 9.23. The van der Waals surface area contributed by atoms with E-state index in [1.807, 2.05) is 18.2 Å². The zero-order chi connectivity index (χ0) is 27.0. The van der Waals surface area contributed by atoms with E-state index in [9.17, 15) is 27.1 Å². The number of aryl methyl sites for hydroxylation is 1. The quantitative estimate of drug-likeness (QED) is 0.287. The van der Waals surface area contributed by atoms with Crippen LogP contribution >= 0.6 is 0 Å². The molecule has 2 atom stereocenters. The van der Waals surface area contributed by atoms with Gasteiger partial charge in [0.15, 0.2) is 0 Å². The predicted octanol–water partition coefficient (Wildman–Crippen LogP) is 3.39. The third-order valence-electron chi connectivity index (χ3n) is 5.69. The summed E-state index contributed by atoms with van der Waals surface area (Å²) < 4.78 is 52.6. The molecule has 0 aliphatic heterocycles. The first-order chi connectivity index (χ1) is 17.5. The van der Waals surface area contributed by atoms with Crippen molar-refractivity contribution in [1.82, 2.24) is 10.6 Å². The molecule has 0 bridgehead atoms. The molecular formula is C27H31F2N3O4S. The Labute approximate surface area is 216 Å². The second-order valence-electron chi connectivity index (χ2n) is 8.89. The number of hydrogen-bond acceptors (Lipinski definition) is 5. The van der Waals surface area contributed by atoms with Crippen LogP contribution in [0.4, 0.5) is 14.5 Å². The maximum absolute atomic E-state index is 13.8. The van der Waals surface area contributed by atoms with Gasteiger partial charge in [-0.05, 0) is 65.9 Å². The number of benzene rings is 3. The van der Waals surface area contributed by atoms with Gasteiger partial charge in [0.2, 0.25) is 10.0 Å². The second kappa shape index (κ2) is 12.8. The Balaban J connectivity index is 1.71. The average molecular weight is 532 g/mol. The topological polar surface area (TPSA) is 108 Å². The maximum Gasteiger partial charge on any atom is 0.251 e. The van der Waals surface area contributed by atoms with Crippen LogP contribution in [-0.2, 0) is 29.4 Å². The molecule has 3 aromatic carbocycles. The van der Waals surface area contributed by atoms with Gasteiger partial charge in [-0.25, -0.2) is 17.2 Å². The minimum Gasteiger partial charge on any atom is -0.390 e. The summed E-state index contributed by atoms with van der Waals surface area (Å²) in [5.41, 5.74) is 3.04. The number of aliphatic hydroxyl groups excluding tert-OH is 1. The maximum atomic E-state index is 13.8. The summed E-state index contributed by atoms with van der Waals surface area (Å²) in [5.74, 6) is -2.03. The molecule has 7 nitrogen and oxygen atoms in total. The molecule has 3 aromatic rings. The van der Waals surface area contributed by atoms with Gasteiger partial charge in [-0.2, -0.15) is 0 Å². The van der Waals surface area contributed by atoms with Gasteiger partial charge in [-0.3, -0.25) is 9.52 Å². The van der Waals surface area contributed by atoms with Crippen LogP contribution in [0.3, 0.4) is 0 Å². The highest BCUT2D eigenvalue weighted by molar-refractivity contribution is 7.92. The molecule has 10 heteroatoms. The lowest BCUT2D eigenvalue weighted by molar-refractivity contribution is 0.0830. The Morgan fingerprint density at radius 3 is 2.22 bits per heavy atom. The highest BCUT2D eigenvalue weighted by Crippen LogP contribution is 2.15. The molecular weight excluding hydrogens is 500 g/mol. The van der Waals surface area contributed by atoms with Crippen LogP contribution in [0.1, 0.15) is 34.0 Å². The van der Waals surface area contributed by atoms with Crippen molar-refractivity contribution in [2.24, 2.45) is 0 Å². The number of anilines is 1. The summed E-state index contributed by atoms with van der Waals surface area (Å²) >= 11 is 0. The van der Waals surface area contributed by atoms with Gasteiger partial charge in [0.1, 0.15) is 11.6 Å². The number of halogens is 2. The van der Waals surface area contributed by atoms with E-state index in [0.717, 1.165) is 36.4 Å². The highest BCUT2D eigenvalue weighted by Gasteiger charge is 2.23. The Bertz CT molecular complexity index is 1300. The van der Waals surface area contributed by atoms with Crippen LogP contribution in [0.25, 0.3) is 0 Å². The lowest BCUT2D eigenvalue weighted by atomic mass is 10.00. The van der Waals surface area contributed by atoms with Crippen molar-refractivity contribution in [2.75, 3.05) is 17.5 Å². The summed E-state index contributed by atoms with van der Waals surface area (Å²) in [6.07, 6.45) is 0.835. The molecule has 198 valence electrons. The largest absolute Gasteiger partial charge is 0.390 e. The van der Waals surface area contributed by atoms with Crippen molar-refractivity contribution < 1.29 is 27.1 Å². The zero-order valence-corrected chi connectivity index (χ0v) is 21.5. The van der Waals surface area contributed by atoms with Crippen LogP contribution in [-0.4, -0.2) is 44.4 Å². The van der Waals surface area contributed by atoms with Crippen LogP contribution in [0.15, 0.2) is 66.7 Å². The second-order valence-corrected chi connectivity index (χ2v) is 10.6. The first-order valence-electron chi connectivity index (χ1n) is 11.8. The number of carbonyl (C=O) groups excluding carboxylic acids is 1. The summed E-state index contributed by atoms with van der Waals surface area (Å²) in [5, 5.41) is 16.8. The molecule has 0 fully saturated rings. The summed E-state index contributed by atoms with van der Waals surface area (Å²) in [6, 6.07) is 16.0. The molecule has 1 amide bonds. The van der Waals surface area contributed by atoms with Crippen molar-refractivity contribution >= 4 is 21.6 Å². The van der Waals surface area contributed by atoms with Crippen LogP contribution < -0.4 is 15.4 Å². The average Bonchev–Trinajstić information content (AvgIpc) is 2.82. The Hall–Kier alpha value is -3.34. The van der Waals surface area contributed by atoms with E-state index < -0.39 is 39.7 Å².